The molecule has 0 radical (unpaired) electrons. The molecule has 0 aliphatic carbocycles. The second-order valence-corrected chi connectivity index (χ2v) is 8.47. The van der Waals surface area contributed by atoms with Crippen LogP contribution in [0.1, 0.15) is 42.4 Å². The van der Waals surface area contributed by atoms with Crippen LogP contribution in [0.2, 0.25) is 0 Å². The largest absolute Gasteiger partial charge is 0.418 e. The molecule has 32 heavy (non-hydrogen) atoms. The number of hydrogen-bond acceptors (Lipinski definition) is 5. The van der Waals surface area contributed by atoms with Crippen LogP contribution in [0.25, 0.3) is 0 Å². The SMILES string of the molecule is CCc1ccc([C@@H]2Nn3c(CC)nnc3S[C@@H]2C(=O)Nc2ccccc2C(F)(F)F)cc1. The van der Waals surface area contributed by atoms with Crippen LogP contribution in [0.4, 0.5) is 18.9 Å². The zero-order valence-corrected chi connectivity index (χ0v) is 18.3. The summed E-state index contributed by atoms with van der Waals surface area (Å²) < 4.78 is 42.0. The molecule has 3 aromatic rings. The summed E-state index contributed by atoms with van der Waals surface area (Å²) in [6.07, 6.45) is -3.06. The molecule has 0 saturated carbocycles. The molecule has 2 heterocycles. The number of amides is 1. The van der Waals surface area contributed by atoms with Crippen molar-refractivity contribution in [3.05, 3.63) is 71.0 Å². The van der Waals surface area contributed by atoms with Gasteiger partial charge in [-0.3, -0.25) is 4.79 Å². The summed E-state index contributed by atoms with van der Waals surface area (Å²) in [5, 5.41) is 10.5. The van der Waals surface area contributed by atoms with Crippen molar-refractivity contribution in [3.63, 3.8) is 0 Å². The summed E-state index contributed by atoms with van der Waals surface area (Å²) in [6.45, 7) is 4.00. The normalized spacial score (nSPS) is 18.0. The van der Waals surface area contributed by atoms with Crippen LogP contribution in [-0.2, 0) is 23.8 Å². The monoisotopic (exact) mass is 461 g/mol. The molecule has 4 rings (SSSR count). The molecule has 1 aromatic heterocycles. The highest BCUT2D eigenvalue weighted by Gasteiger charge is 2.39. The van der Waals surface area contributed by atoms with E-state index in [9.17, 15) is 18.0 Å². The van der Waals surface area contributed by atoms with E-state index >= 15 is 0 Å². The number of nitrogens with zero attached hydrogens (tertiary/aromatic N) is 3. The maximum Gasteiger partial charge on any atom is 0.418 e. The van der Waals surface area contributed by atoms with Gasteiger partial charge in [-0.1, -0.05) is 62.0 Å². The lowest BCUT2D eigenvalue weighted by atomic mass is 10.0. The van der Waals surface area contributed by atoms with Gasteiger partial charge in [-0.05, 0) is 29.7 Å². The minimum absolute atomic E-state index is 0.271. The van der Waals surface area contributed by atoms with Crippen molar-refractivity contribution < 1.29 is 18.0 Å². The average molecular weight is 462 g/mol. The molecule has 6 nitrogen and oxygen atoms in total. The lowest BCUT2D eigenvalue weighted by Gasteiger charge is -2.33. The molecule has 168 valence electrons. The second-order valence-electron chi connectivity index (χ2n) is 7.36. The molecular formula is C22H22F3N5OS. The highest BCUT2D eigenvalue weighted by Crippen LogP contribution is 2.39. The Balaban J connectivity index is 1.68. The zero-order valence-electron chi connectivity index (χ0n) is 17.5. The Hall–Kier alpha value is -3.01. The Kier molecular flexibility index (Phi) is 6.14. The van der Waals surface area contributed by atoms with Crippen LogP contribution in [-0.4, -0.2) is 26.0 Å². The highest BCUT2D eigenvalue weighted by molar-refractivity contribution is 8.00. The van der Waals surface area contributed by atoms with Gasteiger partial charge in [0, 0.05) is 6.42 Å². The van der Waals surface area contributed by atoms with Crippen molar-refractivity contribution in [3.8, 4) is 0 Å². The van der Waals surface area contributed by atoms with Crippen LogP contribution in [0.15, 0.2) is 53.7 Å². The summed E-state index contributed by atoms with van der Waals surface area (Å²) in [7, 11) is 0. The first-order chi connectivity index (χ1) is 15.3. The number of thioether (sulfide) groups is 1. The van der Waals surface area contributed by atoms with Gasteiger partial charge in [-0.2, -0.15) is 13.2 Å². The summed E-state index contributed by atoms with van der Waals surface area (Å²) in [5.41, 5.74) is 4.14. The number of halogens is 3. The maximum atomic E-state index is 13.4. The number of anilines is 1. The molecular weight excluding hydrogens is 439 g/mol. The van der Waals surface area contributed by atoms with E-state index in [1.54, 1.807) is 4.68 Å². The van der Waals surface area contributed by atoms with Crippen molar-refractivity contribution in [1.29, 1.82) is 0 Å². The highest BCUT2D eigenvalue weighted by atomic mass is 32.2. The topological polar surface area (TPSA) is 71.8 Å². The number of para-hydroxylation sites is 1. The fraction of sp³-hybridized carbons (Fsp3) is 0.318. The number of nitrogens with one attached hydrogen (secondary N) is 2. The van der Waals surface area contributed by atoms with Gasteiger partial charge < -0.3 is 10.7 Å². The van der Waals surface area contributed by atoms with Crippen molar-refractivity contribution in [2.45, 2.75) is 49.3 Å². The Morgan fingerprint density at radius 2 is 1.81 bits per heavy atom. The summed E-state index contributed by atoms with van der Waals surface area (Å²) >= 11 is 1.18. The molecule has 1 amide bonds. The average Bonchev–Trinajstić information content (AvgIpc) is 3.20. The smallest absolute Gasteiger partial charge is 0.324 e. The zero-order chi connectivity index (χ0) is 22.9. The van der Waals surface area contributed by atoms with Crippen LogP contribution in [0.3, 0.4) is 0 Å². The van der Waals surface area contributed by atoms with Gasteiger partial charge in [0.15, 0.2) is 5.82 Å². The van der Waals surface area contributed by atoms with E-state index in [1.807, 2.05) is 31.2 Å². The lowest BCUT2D eigenvalue weighted by molar-refractivity contribution is -0.137. The predicted octanol–water partition coefficient (Wildman–Crippen LogP) is 4.82. The first kappa shape index (κ1) is 22.2. The number of hydrogen-bond donors (Lipinski definition) is 2. The summed E-state index contributed by atoms with van der Waals surface area (Å²) in [5.74, 6) is 0.167. The molecule has 0 fully saturated rings. The number of aromatic nitrogens is 3. The maximum absolute atomic E-state index is 13.4. The fourth-order valence-electron chi connectivity index (χ4n) is 3.58. The van der Waals surface area contributed by atoms with Crippen molar-refractivity contribution in [1.82, 2.24) is 14.9 Å². The molecule has 0 unspecified atom stereocenters. The molecule has 1 aliphatic heterocycles. The van der Waals surface area contributed by atoms with Gasteiger partial charge in [-0.15, -0.1) is 10.2 Å². The summed E-state index contributed by atoms with van der Waals surface area (Å²) in [4.78, 5) is 13.2. The number of benzene rings is 2. The van der Waals surface area contributed by atoms with Crippen LogP contribution in [0.5, 0.6) is 0 Å². The standard InChI is InChI=1S/C22H22F3N5OS/c1-3-13-9-11-14(12-10-13)18-19(32-21-28-27-17(4-2)30(21)29-18)20(31)26-16-8-6-5-7-15(16)22(23,24)25/h5-12,18-19,29H,3-4H2,1-2H3,(H,26,31)/t18-,19-/m0/s1. The van der Waals surface area contributed by atoms with Crippen molar-refractivity contribution in [2.75, 3.05) is 10.7 Å². The Labute approximate surface area is 187 Å². The van der Waals surface area contributed by atoms with E-state index in [1.165, 1.54) is 30.0 Å². The molecule has 2 atom stereocenters. The number of aryl methyl sites for hydroxylation is 2. The van der Waals surface area contributed by atoms with Gasteiger partial charge in [0.1, 0.15) is 5.25 Å². The number of carbonyl (C=O) groups is 1. The quantitative estimate of drug-likeness (QED) is 0.570. The van der Waals surface area contributed by atoms with Crippen LogP contribution >= 0.6 is 11.8 Å². The van der Waals surface area contributed by atoms with Gasteiger partial charge in [-0.25, -0.2) is 4.68 Å². The molecule has 0 spiro atoms. The molecule has 10 heteroatoms. The molecule has 1 aliphatic rings. The third-order valence-electron chi connectivity index (χ3n) is 5.32. The fourth-order valence-corrected chi connectivity index (χ4v) is 4.68. The third kappa shape index (κ3) is 4.32. The van der Waals surface area contributed by atoms with Crippen LogP contribution < -0.4 is 10.7 Å². The van der Waals surface area contributed by atoms with Gasteiger partial charge in [0.05, 0.1) is 17.3 Å². The minimum Gasteiger partial charge on any atom is -0.324 e. The van der Waals surface area contributed by atoms with Crippen LogP contribution in [0, 0.1) is 0 Å². The van der Waals surface area contributed by atoms with Crippen molar-refractivity contribution >= 4 is 23.4 Å². The van der Waals surface area contributed by atoms with E-state index in [-0.39, 0.29) is 5.69 Å². The van der Waals surface area contributed by atoms with Gasteiger partial charge >= 0.3 is 6.18 Å². The predicted molar refractivity (Wildman–Crippen MR) is 117 cm³/mol. The molecule has 0 bridgehead atoms. The number of fused-ring (bicyclic) bond motifs is 1. The first-order valence-corrected chi connectivity index (χ1v) is 11.1. The number of rotatable bonds is 5. The first-order valence-electron chi connectivity index (χ1n) is 10.2. The van der Waals surface area contributed by atoms with E-state index < -0.39 is 28.9 Å². The second kappa shape index (κ2) is 8.85. The van der Waals surface area contributed by atoms with E-state index in [0.717, 1.165) is 23.6 Å². The third-order valence-corrected chi connectivity index (χ3v) is 6.53. The van der Waals surface area contributed by atoms with E-state index in [4.69, 9.17) is 0 Å². The van der Waals surface area contributed by atoms with E-state index in [2.05, 4.69) is 27.9 Å². The molecule has 2 N–H and O–H groups in total. The van der Waals surface area contributed by atoms with Gasteiger partial charge in [0.2, 0.25) is 11.1 Å². The molecule has 2 aromatic carbocycles. The Morgan fingerprint density at radius 3 is 2.47 bits per heavy atom. The lowest BCUT2D eigenvalue weighted by Crippen LogP contribution is -2.41. The Bertz CT molecular complexity index is 1110. The minimum atomic E-state index is -4.58. The Morgan fingerprint density at radius 1 is 1.09 bits per heavy atom. The number of carbonyl (C=O) groups excluding carboxylic acids is 1. The molecule has 0 saturated heterocycles. The van der Waals surface area contributed by atoms with Crippen molar-refractivity contribution in [2.24, 2.45) is 0 Å². The van der Waals surface area contributed by atoms with Gasteiger partial charge in [0.25, 0.3) is 0 Å². The van der Waals surface area contributed by atoms with E-state index in [0.29, 0.717) is 17.4 Å². The number of alkyl halides is 3. The summed E-state index contributed by atoms with van der Waals surface area (Å²) in [6, 6.07) is 12.3.